The Labute approximate surface area is 130 Å². The van der Waals surface area contributed by atoms with Crippen LogP contribution < -0.4 is 10.2 Å². The minimum Gasteiger partial charge on any atom is -0.461 e. The van der Waals surface area contributed by atoms with E-state index in [1.165, 1.54) is 5.38 Å². The van der Waals surface area contributed by atoms with Crippen LogP contribution in [0, 0.1) is 0 Å². The quantitative estimate of drug-likeness (QED) is 0.650. The van der Waals surface area contributed by atoms with Crippen LogP contribution in [-0.4, -0.2) is 28.0 Å². The maximum absolute atomic E-state index is 12.1. The van der Waals surface area contributed by atoms with E-state index in [1.54, 1.807) is 30.8 Å². The van der Waals surface area contributed by atoms with Crippen LogP contribution in [0.2, 0.25) is 0 Å². The zero-order chi connectivity index (χ0) is 15.4. The van der Waals surface area contributed by atoms with Gasteiger partial charge in [-0.05, 0) is 13.0 Å². The molecule has 0 aliphatic heterocycles. The summed E-state index contributed by atoms with van der Waals surface area (Å²) in [7, 11) is 1.72. The maximum atomic E-state index is 12.1. The minimum atomic E-state index is -0.512. The third-order valence-corrected chi connectivity index (χ3v) is 3.53. The van der Waals surface area contributed by atoms with Crippen LogP contribution in [0.5, 0.6) is 0 Å². The molecule has 0 aromatic carbocycles. The maximum Gasteiger partial charge on any atom is 0.357 e. The number of aryl methyl sites for hydroxylation is 1. The number of anilines is 2. The van der Waals surface area contributed by atoms with Gasteiger partial charge in [0.1, 0.15) is 5.69 Å². The molecule has 2 aromatic rings. The molecule has 0 atom stereocenters. The topological polar surface area (TPSA) is 85.2 Å². The van der Waals surface area contributed by atoms with Crippen LogP contribution in [0.3, 0.4) is 0 Å². The van der Waals surface area contributed by atoms with Crippen molar-refractivity contribution in [2.75, 3.05) is 16.8 Å². The standard InChI is InChI=1S/C12H13ClN4O3S/c1-3-20-11(19)8-6-21-12(14-8)15-10(18)9-4-7(16-13)5-17(9)2/h4-6,16H,3H2,1-2H3,(H,14,15,18). The number of nitrogens with one attached hydrogen (secondary N) is 2. The van der Waals surface area contributed by atoms with E-state index in [9.17, 15) is 9.59 Å². The molecule has 0 radical (unpaired) electrons. The van der Waals surface area contributed by atoms with Gasteiger partial charge in [0.25, 0.3) is 5.91 Å². The van der Waals surface area contributed by atoms with Crippen LogP contribution >= 0.6 is 23.1 Å². The summed E-state index contributed by atoms with van der Waals surface area (Å²) in [4.78, 5) is 30.1. The van der Waals surface area contributed by atoms with Gasteiger partial charge < -0.3 is 9.30 Å². The number of hydrogen-bond acceptors (Lipinski definition) is 6. The first-order valence-corrected chi connectivity index (χ1v) is 7.28. The lowest BCUT2D eigenvalue weighted by molar-refractivity contribution is 0.0520. The number of aromatic nitrogens is 2. The summed E-state index contributed by atoms with van der Waals surface area (Å²) in [6, 6.07) is 1.60. The van der Waals surface area contributed by atoms with E-state index < -0.39 is 5.97 Å². The summed E-state index contributed by atoms with van der Waals surface area (Å²) in [5.41, 5.74) is 1.19. The highest BCUT2D eigenvalue weighted by molar-refractivity contribution is 7.14. The van der Waals surface area contributed by atoms with Gasteiger partial charge in [-0.2, -0.15) is 0 Å². The number of carbonyl (C=O) groups is 2. The van der Waals surface area contributed by atoms with Crippen molar-refractivity contribution in [3.05, 3.63) is 29.0 Å². The fourth-order valence-corrected chi connectivity index (χ4v) is 2.41. The fraction of sp³-hybridized carbons (Fsp3) is 0.250. The third-order valence-electron chi connectivity index (χ3n) is 2.56. The van der Waals surface area contributed by atoms with Crippen molar-refractivity contribution in [3.63, 3.8) is 0 Å². The second-order valence-corrected chi connectivity index (χ2v) is 5.08. The van der Waals surface area contributed by atoms with Crippen LogP contribution in [0.1, 0.15) is 27.9 Å². The molecule has 0 fully saturated rings. The minimum absolute atomic E-state index is 0.173. The summed E-state index contributed by atoms with van der Waals surface area (Å²) in [6.07, 6.45) is 1.67. The number of amides is 1. The van der Waals surface area contributed by atoms with E-state index in [0.717, 1.165) is 11.3 Å². The number of esters is 1. The van der Waals surface area contributed by atoms with Gasteiger partial charge in [-0.1, -0.05) is 0 Å². The molecule has 0 unspecified atom stereocenters. The predicted octanol–water partition coefficient (Wildman–Crippen LogP) is 2.48. The Morgan fingerprint density at radius 1 is 1.52 bits per heavy atom. The van der Waals surface area contributed by atoms with Gasteiger partial charge in [0.2, 0.25) is 0 Å². The van der Waals surface area contributed by atoms with Crippen molar-refractivity contribution in [3.8, 4) is 0 Å². The van der Waals surface area contributed by atoms with Crippen LogP contribution in [0.4, 0.5) is 10.8 Å². The van der Waals surface area contributed by atoms with Gasteiger partial charge in [0.15, 0.2) is 10.8 Å². The van der Waals surface area contributed by atoms with Crippen LogP contribution in [0.15, 0.2) is 17.6 Å². The monoisotopic (exact) mass is 328 g/mol. The van der Waals surface area contributed by atoms with Gasteiger partial charge in [-0.15, -0.1) is 11.3 Å². The van der Waals surface area contributed by atoms with E-state index in [2.05, 4.69) is 15.1 Å². The number of rotatable bonds is 5. The van der Waals surface area contributed by atoms with Gasteiger partial charge in [-0.3, -0.25) is 14.9 Å². The first kappa shape index (κ1) is 15.3. The Balaban J connectivity index is 2.09. The molecule has 21 heavy (non-hydrogen) atoms. The van der Waals surface area contributed by atoms with Gasteiger partial charge in [-0.25, -0.2) is 9.78 Å². The molecule has 0 bridgehead atoms. The smallest absolute Gasteiger partial charge is 0.357 e. The normalized spacial score (nSPS) is 10.2. The van der Waals surface area contributed by atoms with Gasteiger partial charge in [0, 0.05) is 30.4 Å². The van der Waals surface area contributed by atoms with Crippen LogP contribution in [0.25, 0.3) is 0 Å². The highest BCUT2D eigenvalue weighted by Crippen LogP contribution is 2.19. The Kier molecular flexibility index (Phi) is 4.81. The zero-order valence-corrected chi connectivity index (χ0v) is 12.9. The molecule has 2 N–H and O–H groups in total. The number of thiazole rings is 1. The predicted molar refractivity (Wildman–Crippen MR) is 80.9 cm³/mol. The summed E-state index contributed by atoms with van der Waals surface area (Å²) in [5.74, 6) is -0.859. The van der Waals surface area contributed by atoms with Crippen molar-refractivity contribution in [1.29, 1.82) is 0 Å². The van der Waals surface area contributed by atoms with Crippen LogP contribution in [-0.2, 0) is 11.8 Å². The second-order valence-electron chi connectivity index (χ2n) is 4.03. The summed E-state index contributed by atoms with van der Waals surface area (Å²) < 4.78 is 6.46. The highest BCUT2D eigenvalue weighted by Gasteiger charge is 2.16. The summed E-state index contributed by atoms with van der Waals surface area (Å²) in [6.45, 7) is 1.99. The van der Waals surface area contributed by atoms with Crippen molar-refractivity contribution >= 4 is 45.8 Å². The lowest BCUT2D eigenvalue weighted by Crippen LogP contribution is -2.15. The molecular formula is C12H13ClN4O3S. The molecule has 0 saturated heterocycles. The zero-order valence-electron chi connectivity index (χ0n) is 11.3. The number of halogens is 1. The first-order chi connectivity index (χ1) is 10.0. The molecular weight excluding hydrogens is 316 g/mol. The molecule has 0 aliphatic carbocycles. The number of nitrogens with zero attached hydrogens (tertiary/aromatic N) is 2. The fourth-order valence-electron chi connectivity index (χ4n) is 1.63. The summed E-state index contributed by atoms with van der Waals surface area (Å²) >= 11 is 6.64. The van der Waals surface area contributed by atoms with Crippen molar-refractivity contribution in [2.45, 2.75) is 6.92 Å². The lowest BCUT2D eigenvalue weighted by Gasteiger charge is -2.02. The van der Waals surface area contributed by atoms with Crippen molar-refractivity contribution in [2.24, 2.45) is 7.05 Å². The van der Waals surface area contributed by atoms with E-state index >= 15 is 0 Å². The van der Waals surface area contributed by atoms with E-state index in [1.807, 2.05) is 0 Å². The first-order valence-electron chi connectivity index (χ1n) is 6.02. The molecule has 0 spiro atoms. The lowest BCUT2D eigenvalue weighted by atomic mass is 10.4. The largest absolute Gasteiger partial charge is 0.461 e. The number of carbonyl (C=O) groups excluding carboxylic acids is 2. The highest BCUT2D eigenvalue weighted by atomic mass is 35.5. The SMILES string of the molecule is CCOC(=O)c1csc(NC(=O)c2cc(NCl)cn2C)n1. The van der Waals surface area contributed by atoms with E-state index in [-0.39, 0.29) is 18.2 Å². The van der Waals surface area contributed by atoms with Crippen molar-refractivity contribution in [1.82, 2.24) is 9.55 Å². The molecule has 2 rings (SSSR count). The van der Waals surface area contributed by atoms with Gasteiger partial charge in [0.05, 0.1) is 12.3 Å². The molecule has 1 amide bonds. The second kappa shape index (κ2) is 6.59. The molecule has 112 valence electrons. The Morgan fingerprint density at radius 2 is 2.29 bits per heavy atom. The Hall–Kier alpha value is -2.06. The number of ether oxygens (including phenoxy) is 1. The molecule has 7 nitrogen and oxygen atoms in total. The average molecular weight is 329 g/mol. The molecule has 2 aromatic heterocycles. The van der Waals surface area contributed by atoms with Crippen molar-refractivity contribution < 1.29 is 14.3 Å². The molecule has 0 aliphatic rings. The van der Waals surface area contributed by atoms with E-state index in [0.29, 0.717) is 16.5 Å². The van der Waals surface area contributed by atoms with E-state index in [4.69, 9.17) is 16.5 Å². The molecule has 0 saturated carbocycles. The Morgan fingerprint density at radius 3 is 2.90 bits per heavy atom. The third kappa shape index (κ3) is 3.53. The number of hydrogen-bond donors (Lipinski definition) is 2. The van der Waals surface area contributed by atoms with Gasteiger partial charge >= 0.3 is 5.97 Å². The molecule has 9 heteroatoms. The summed E-state index contributed by atoms with van der Waals surface area (Å²) in [5, 5.41) is 4.48. The molecule has 2 heterocycles. The average Bonchev–Trinajstić information content (AvgIpc) is 3.05. The Bertz CT molecular complexity index is 667.